The van der Waals surface area contributed by atoms with Gasteiger partial charge in [-0.3, -0.25) is 0 Å². The smallest absolute Gasteiger partial charge is 0.339 e. The van der Waals surface area contributed by atoms with Crippen molar-refractivity contribution in [3.63, 3.8) is 0 Å². The molecule has 0 saturated heterocycles. The molecule has 5 nitrogen and oxygen atoms in total. The largest absolute Gasteiger partial charge is 0.478 e. The van der Waals surface area contributed by atoms with Crippen LogP contribution >= 0.6 is 11.5 Å². The average Bonchev–Trinajstić information content (AvgIpc) is 3.10. The van der Waals surface area contributed by atoms with Crippen LogP contribution in [0.25, 0.3) is 0 Å². The first-order chi connectivity index (χ1) is 9.13. The Kier molecular flexibility index (Phi) is 2.94. The number of nitrogens with zero attached hydrogens (tertiary/aromatic N) is 2. The number of aromatic carboxylic acids is 1. The lowest BCUT2D eigenvalue weighted by Crippen LogP contribution is -2.00. The highest BCUT2D eigenvalue weighted by atomic mass is 32.1. The molecule has 1 aliphatic rings. The molecule has 1 heterocycles. The van der Waals surface area contributed by atoms with Gasteiger partial charge in [0.2, 0.25) is 0 Å². The molecule has 98 valence electrons. The van der Waals surface area contributed by atoms with E-state index >= 15 is 0 Å². The fourth-order valence-electron chi connectivity index (χ4n) is 1.75. The average molecular weight is 276 g/mol. The predicted octanol–water partition coefficient (Wildman–Crippen LogP) is 3.21. The van der Waals surface area contributed by atoms with Crippen molar-refractivity contribution >= 4 is 17.5 Å². The van der Waals surface area contributed by atoms with Crippen molar-refractivity contribution in [2.75, 3.05) is 0 Å². The Morgan fingerprint density at radius 2 is 2.26 bits per heavy atom. The number of benzene rings is 1. The van der Waals surface area contributed by atoms with Crippen LogP contribution < -0.4 is 4.74 Å². The lowest BCUT2D eigenvalue weighted by atomic mass is 10.1. The second-order valence-electron chi connectivity index (χ2n) is 4.60. The van der Waals surface area contributed by atoms with Gasteiger partial charge >= 0.3 is 5.97 Å². The number of aromatic nitrogens is 2. The minimum atomic E-state index is -1.01. The number of hydrogen-bond acceptors (Lipinski definition) is 5. The van der Waals surface area contributed by atoms with E-state index in [-0.39, 0.29) is 5.56 Å². The normalized spacial score (nSPS) is 14.4. The zero-order valence-corrected chi connectivity index (χ0v) is 11.1. The Hall–Kier alpha value is -1.95. The van der Waals surface area contributed by atoms with E-state index in [1.54, 1.807) is 12.1 Å². The van der Waals surface area contributed by atoms with Crippen molar-refractivity contribution < 1.29 is 14.6 Å². The van der Waals surface area contributed by atoms with Crippen molar-refractivity contribution in [1.29, 1.82) is 0 Å². The van der Waals surface area contributed by atoms with Crippen molar-refractivity contribution in [2.24, 2.45) is 0 Å². The van der Waals surface area contributed by atoms with Crippen LogP contribution in [0.3, 0.4) is 0 Å². The monoisotopic (exact) mass is 276 g/mol. The van der Waals surface area contributed by atoms with Gasteiger partial charge in [0.05, 0.1) is 0 Å². The third-order valence-electron chi connectivity index (χ3n) is 2.93. The number of carbonyl (C=O) groups is 1. The molecule has 0 amide bonds. The van der Waals surface area contributed by atoms with E-state index in [4.69, 9.17) is 9.84 Å². The molecule has 0 atom stereocenters. The van der Waals surface area contributed by atoms with E-state index in [1.165, 1.54) is 6.07 Å². The van der Waals surface area contributed by atoms with E-state index in [9.17, 15) is 4.79 Å². The van der Waals surface area contributed by atoms with Crippen LogP contribution in [0.2, 0.25) is 0 Å². The van der Waals surface area contributed by atoms with Crippen LogP contribution in [0.4, 0.5) is 0 Å². The summed E-state index contributed by atoms with van der Waals surface area (Å²) in [6.07, 6.45) is 2.25. The first kappa shape index (κ1) is 12.1. The lowest BCUT2D eigenvalue weighted by molar-refractivity contribution is 0.0694. The zero-order valence-electron chi connectivity index (χ0n) is 10.3. The minimum absolute atomic E-state index is 0.133. The molecule has 0 radical (unpaired) electrons. The van der Waals surface area contributed by atoms with Gasteiger partial charge in [0.1, 0.15) is 17.1 Å². The third-order valence-corrected chi connectivity index (χ3v) is 3.54. The SMILES string of the molecule is Cc1ccc(C(=O)O)c(Oc2nc(C3CC3)ns2)c1. The Bertz CT molecular complexity index is 635. The molecule has 1 aromatic carbocycles. The van der Waals surface area contributed by atoms with Crippen molar-refractivity contribution in [1.82, 2.24) is 9.36 Å². The maximum atomic E-state index is 11.1. The van der Waals surface area contributed by atoms with E-state index in [0.717, 1.165) is 35.8 Å². The maximum Gasteiger partial charge on any atom is 0.339 e. The van der Waals surface area contributed by atoms with Gasteiger partial charge in [0.15, 0.2) is 0 Å². The van der Waals surface area contributed by atoms with Gasteiger partial charge in [-0.15, -0.1) is 0 Å². The van der Waals surface area contributed by atoms with Crippen LogP contribution in [0.15, 0.2) is 18.2 Å². The summed E-state index contributed by atoms with van der Waals surface area (Å²) in [4.78, 5) is 15.4. The summed E-state index contributed by atoms with van der Waals surface area (Å²) < 4.78 is 9.80. The van der Waals surface area contributed by atoms with Gasteiger partial charge in [-0.25, -0.2) is 4.79 Å². The van der Waals surface area contributed by atoms with Crippen LogP contribution in [-0.4, -0.2) is 20.4 Å². The highest BCUT2D eigenvalue weighted by molar-refractivity contribution is 7.07. The minimum Gasteiger partial charge on any atom is -0.478 e. The first-order valence-corrected chi connectivity index (χ1v) is 6.76. The van der Waals surface area contributed by atoms with Crippen molar-refractivity contribution in [2.45, 2.75) is 25.7 Å². The highest BCUT2D eigenvalue weighted by Gasteiger charge is 2.28. The van der Waals surface area contributed by atoms with Crippen LogP contribution in [0.5, 0.6) is 10.9 Å². The van der Waals surface area contributed by atoms with E-state index < -0.39 is 5.97 Å². The van der Waals surface area contributed by atoms with Gasteiger partial charge in [-0.1, -0.05) is 6.07 Å². The van der Waals surface area contributed by atoms with E-state index in [2.05, 4.69) is 9.36 Å². The number of rotatable bonds is 4. The molecular weight excluding hydrogens is 264 g/mol. The molecule has 2 aromatic rings. The molecule has 1 N–H and O–H groups in total. The number of ether oxygens (including phenoxy) is 1. The quantitative estimate of drug-likeness (QED) is 0.928. The number of aryl methyl sites for hydroxylation is 1. The van der Waals surface area contributed by atoms with Crippen LogP contribution in [0.1, 0.15) is 40.5 Å². The third kappa shape index (κ3) is 2.58. The first-order valence-electron chi connectivity index (χ1n) is 5.99. The molecule has 1 aromatic heterocycles. The highest BCUT2D eigenvalue weighted by Crippen LogP contribution is 2.40. The molecule has 1 fully saturated rings. The van der Waals surface area contributed by atoms with Crippen LogP contribution in [0, 0.1) is 6.92 Å². The van der Waals surface area contributed by atoms with E-state index in [1.807, 2.05) is 6.92 Å². The zero-order chi connectivity index (χ0) is 13.4. The van der Waals surface area contributed by atoms with Gasteiger partial charge < -0.3 is 9.84 Å². The summed E-state index contributed by atoms with van der Waals surface area (Å²) in [5.41, 5.74) is 1.07. The van der Waals surface area contributed by atoms with Gasteiger partial charge in [0.25, 0.3) is 5.19 Å². The van der Waals surface area contributed by atoms with Crippen molar-refractivity contribution in [3.8, 4) is 10.9 Å². The fourth-order valence-corrected chi connectivity index (χ4v) is 2.38. The lowest BCUT2D eigenvalue weighted by Gasteiger charge is -2.06. The molecule has 0 spiro atoms. The molecule has 0 bridgehead atoms. The molecule has 0 unspecified atom stereocenters. The predicted molar refractivity (Wildman–Crippen MR) is 70.1 cm³/mol. The van der Waals surface area contributed by atoms with E-state index in [0.29, 0.717) is 16.9 Å². The number of carboxylic acid groups (broad SMARTS) is 1. The second kappa shape index (κ2) is 4.62. The van der Waals surface area contributed by atoms with Crippen molar-refractivity contribution in [3.05, 3.63) is 35.2 Å². The fraction of sp³-hybridized carbons (Fsp3) is 0.308. The van der Waals surface area contributed by atoms with Gasteiger partial charge in [-0.2, -0.15) is 9.36 Å². The topological polar surface area (TPSA) is 72.3 Å². The number of hydrogen-bond donors (Lipinski definition) is 1. The summed E-state index contributed by atoms with van der Waals surface area (Å²) in [6.45, 7) is 1.88. The Morgan fingerprint density at radius 3 is 2.95 bits per heavy atom. The maximum absolute atomic E-state index is 11.1. The molecule has 1 saturated carbocycles. The molecule has 3 rings (SSSR count). The molecular formula is C13H12N2O3S. The van der Waals surface area contributed by atoms with Gasteiger partial charge in [0, 0.05) is 17.5 Å². The van der Waals surface area contributed by atoms with Gasteiger partial charge in [-0.05, 0) is 37.5 Å². The Labute approximate surface area is 114 Å². The molecule has 1 aliphatic carbocycles. The summed E-state index contributed by atoms with van der Waals surface area (Å²) in [5, 5.41) is 9.52. The second-order valence-corrected chi connectivity index (χ2v) is 5.31. The number of carboxylic acids is 1. The van der Waals surface area contributed by atoms with Crippen LogP contribution in [-0.2, 0) is 0 Å². The summed E-state index contributed by atoms with van der Waals surface area (Å²) in [6, 6.07) is 4.98. The Balaban J connectivity index is 1.88. The standard InChI is InChI=1S/C13H12N2O3S/c1-7-2-5-9(12(16)17)10(6-7)18-13-14-11(15-19-13)8-3-4-8/h2,5-6,8H,3-4H2,1H3,(H,16,17). The Morgan fingerprint density at radius 1 is 1.47 bits per heavy atom. The molecule has 19 heavy (non-hydrogen) atoms. The summed E-state index contributed by atoms with van der Waals surface area (Å²) in [5.74, 6) is 0.572. The molecule has 0 aliphatic heterocycles. The summed E-state index contributed by atoms with van der Waals surface area (Å²) in [7, 11) is 0. The summed E-state index contributed by atoms with van der Waals surface area (Å²) >= 11 is 1.16. The molecule has 6 heteroatoms.